The number of esters is 1. The van der Waals surface area contributed by atoms with E-state index in [1.807, 2.05) is 24.3 Å². The van der Waals surface area contributed by atoms with Crippen molar-refractivity contribution >= 4 is 50.6 Å². The Morgan fingerprint density at radius 2 is 1.52 bits per heavy atom. The summed E-state index contributed by atoms with van der Waals surface area (Å²) in [6.07, 6.45) is 0. The molecule has 0 fully saturated rings. The van der Waals surface area contributed by atoms with E-state index in [1.165, 1.54) is 0 Å². The number of carbonyl (C=O) groups excluding carboxylic acids is 1. The third kappa shape index (κ3) is 7.28. The first kappa shape index (κ1) is 21.3. The fourth-order valence-corrected chi connectivity index (χ4v) is 2.91. The average Bonchev–Trinajstić information content (AvgIpc) is 2.67. The predicted molar refractivity (Wildman–Crippen MR) is 118 cm³/mol. The maximum atomic E-state index is 12.1. The van der Waals surface area contributed by atoms with Crippen LogP contribution in [0.15, 0.2) is 53.0 Å². The summed E-state index contributed by atoms with van der Waals surface area (Å²) in [4.78, 5) is 14.3. The lowest BCUT2D eigenvalue weighted by atomic mass is 10.2. The van der Waals surface area contributed by atoms with Gasteiger partial charge in [-0.3, -0.25) is 0 Å². The lowest BCUT2D eigenvalue weighted by molar-refractivity contribution is 0.0466. The Kier molecular flexibility index (Phi) is 8.71. The number of ether oxygens (including phenoxy) is 1. The second-order valence-electron chi connectivity index (χ2n) is 5.83. The number of hydrogen-bond acceptors (Lipinski definition) is 4. The zero-order valence-corrected chi connectivity index (χ0v) is 17.9. The van der Waals surface area contributed by atoms with Gasteiger partial charge < -0.3 is 20.3 Å². The molecule has 144 valence electrons. The number of carbonyl (C=O) groups is 1. The van der Waals surface area contributed by atoms with E-state index < -0.39 is 0 Å². The summed E-state index contributed by atoms with van der Waals surface area (Å²) in [6, 6.07) is 14.8. The first-order valence-corrected chi connectivity index (χ1v) is 10.0. The summed E-state index contributed by atoms with van der Waals surface area (Å²) >= 11 is 8.71. The van der Waals surface area contributed by atoms with Gasteiger partial charge in [-0.2, -0.15) is 0 Å². The van der Waals surface area contributed by atoms with E-state index in [0.29, 0.717) is 17.3 Å². The summed E-state index contributed by atoms with van der Waals surface area (Å²) in [6.45, 7) is 7.21. The highest BCUT2D eigenvalue weighted by atomic mass is 79.9. The number of nitrogens with zero attached hydrogens (tertiary/aromatic N) is 1. The number of nitrogens with one attached hydrogen (secondary N) is 2. The summed E-state index contributed by atoms with van der Waals surface area (Å²) < 4.78 is 6.33. The van der Waals surface area contributed by atoms with Crippen molar-refractivity contribution in [2.45, 2.75) is 13.8 Å². The van der Waals surface area contributed by atoms with Crippen molar-refractivity contribution in [3.8, 4) is 0 Å². The molecule has 2 N–H and O–H groups in total. The molecule has 5 nitrogen and oxygen atoms in total. The molecule has 0 unspecified atom stereocenters. The van der Waals surface area contributed by atoms with E-state index in [2.05, 4.69) is 45.3 Å². The first-order chi connectivity index (χ1) is 13.0. The smallest absolute Gasteiger partial charge is 0.338 e. The highest BCUT2D eigenvalue weighted by Crippen LogP contribution is 2.15. The normalized spacial score (nSPS) is 10.5. The van der Waals surface area contributed by atoms with Crippen molar-refractivity contribution in [3.63, 3.8) is 0 Å². The molecule has 2 aromatic carbocycles. The summed E-state index contributed by atoms with van der Waals surface area (Å²) in [7, 11) is 0. The molecule has 0 radical (unpaired) electrons. The Bertz CT molecular complexity index is 747. The van der Waals surface area contributed by atoms with Crippen molar-refractivity contribution in [3.05, 3.63) is 58.6 Å². The third-order valence-electron chi connectivity index (χ3n) is 4.02. The van der Waals surface area contributed by atoms with Crippen LogP contribution in [0.2, 0.25) is 0 Å². The molecular weight excluding hydrogens is 426 g/mol. The van der Waals surface area contributed by atoms with Crippen LogP contribution in [0.1, 0.15) is 24.2 Å². The van der Waals surface area contributed by atoms with Crippen molar-refractivity contribution < 1.29 is 9.53 Å². The van der Waals surface area contributed by atoms with Gasteiger partial charge in [0.05, 0.1) is 5.56 Å². The van der Waals surface area contributed by atoms with E-state index in [1.54, 1.807) is 24.3 Å². The molecule has 0 aliphatic carbocycles. The third-order valence-corrected chi connectivity index (χ3v) is 4.75. The first-order valence-electron chi connectivity index (χ1n) is 8.85. The molecule has 0 saturated heterocycles. The van der Waals surface area contributed by atoms with Crippen LogP contribution in [0.5, 0.6) is 0 Å². The molecule has 0 spiro atoms. The van der Waals surface area contributed by atoms with Gasteiger partial charge in [0, 0.05) is 22.4 Å². The van der Waals surface area contributed by atoms with Crippen LogP contribution in [-0.4, -0.2) is 42.2 Å². The summed E-state index contributed by atoms with van der Waals surface area (Å²) in [5, 5.41) is 6.68. The highest BCUT2D eigenvalue weighted by Gasteiger charge is 2.08. The zero-order valence-electron chi connectivity index (χ0n) is 15.5. The molecule has 2 aromatic rings. The predicted octanol–water partition coefficient (Wildman–Crippen LogP) is 4.76. The monoisotopic (exact) mass is 449 g/mol. The van der Waals surface area contributed by atoms with Crippen molar-refractivity contribution in [2.75, 3.05) is 36.9 Å². The molecule has 7 heteroatoms. The van der Waals surface area contributed by atoms with Crippen LogP contribution in [0.25, 0.3) is 0 Å². The Morgan fingerprint density at radius 1 is 1.00 bits per heavy atom. The molecule has 0 atom stereocenters. The Balaban J connectivity index is 1.82. The van der Waals surface area contributed by atoms with Crippen molar-refractivity contribution in [2.24, 2.45) is 0 Å². The summed E-state index contributed by atoms with van der Waals surface area (Å²) in [5.74, 6) is -0.315. The minimum atomic E-state index is -0.315. The van der Waals surface area contributed by atoms with E-state index in [-0.39, 0.29) is 5.97 Å². The Labute approximate surface area is 174 Å². The van der Waals surface area contributed by atoms with E-state index in [9.17, 15) is 4.79 Å². The fraction of sp³-hybridized carbons (Fsp3) is 0.300. The van der Waals surface area contributed by atoms with Gasteiger partial charge in [0.2, 0.25) is 0 Å². The Hall–Kier alpha value is -1.96. The summed E-state index contributed by atoms with van der Waals surface area (Å²) in [5.41, 5.74) is 2.21. The van der Waals surface area contributed by atoms with Gasteiger partial charge >= 0.3 is 5.97 Å². The molecule has 0 amide bonds. The molecular formula is C20H24BrN3O2S. The molecule has 0 aliphatic heterocycles. The topological polar surface area (TPSA) is 53.6 Å². The van der Waals surface area contributed by atoms with Gasteiger partial charge in [-0.25, -0.2) is 4.79 Å². The number of halogens is 1. The number of thiocarbonyl (C=S) groups is 1. The van der Waals surface area contributed by atoms with Crippen LogP contribution in [-0.2, 0) is 4.74 Å². The van der Waals surface area contributed by atoms with Gasteiger partial charge in [-0.05, 0) is 73.8 Å². The van der Waals surface area contributed by atoms with Gasteiger partial charge in [0.25, 0.3) is 0 Å². The molecule has 27 heavy (non-hydrogen) atoms. The van der Waals surface area contributed by atoms with E-state index >= 15 is 0 Å². The van der Waals surface area contributed by atoms with Gasteiger partial charge in [-0.1, -0.05) is 29.8 Å². The lowest BCUT2D eigenvalue weighted by Crippen LogP contribution is -2.27. The van der Waals surface area contributed by atoms with Crippen LogP contribution >= 0.6 is 28.1 Å². The van der Waals surface area contributed by atoms with Crippen LogP contribution in [0, 0.1) is 0 Å². The second kappa shape index (κ2) is 11.0. The van der Waals surface area contributed by atoms with Crippen molar-refractivity contribution in [1.29, 1.82) is 0 Å². The van der Waals surface area contributed by atoms with Crippen molar-refractivity contribution in [1.82, 2.24) is 4.90 Å². The largest absolute Gasteiger partial charge is 0.461 e. The quantitative estimate of drug-likeness (QED) is 0.447. The minimum Gasteiger partial charge on any atom is -0.461 e. The van der Waals surface area contributed by atoms with Gasteiger partial charge in [-0.15, -0.1) is 0 Å². The van der Waals surface area contributed by atoms with Crippen LogP contribution in [0.4, 0.5) is 11.4 Å². The number of rotatable bonds is 8. The van der Waals surface area contributed by atoms with E-state index in [0.717, 1.165) is 35.5 Å². The number of hydrogen-bond donors (Lipinski definition) is 2. The SMILES string of the molecule is CCN(CC)CCOC(=O)c1ccc(NC(=S)Nc2ccc(Br)cc2)cc1. The molecule has 0 saturated carbocycles. The molecule has 2 rings (SSSR count). The molecule has 0 aliphatic rings. The van der Waals surface area contributed by atoms with Gasteiger partial charge in [0.15, 0.2) is 5.11 Å². The molecule has 0 heterocycles. The Morgan fingerprint density at radius 3 is 2.04 bits per heavy atom. The highest BCUT2D eigenvalue weighted by molar-refractivity contribution is 9.10. The number of likely N-dealkylation sites (N-methyl/N-ethyl adjacent to an activating group) is 1. The van der Waals surface area contributed by atoms with Gasteiger partial charge in [0.1, 0.15) is 6.61 Å². The minimum absolute atomic E-state index is 0.315. The van der Waals surface area contributed by atoms with Crippen LogP contribution < -0.4 is 10.6 Å². The molecule has 0 aromatic heterocycles. The number of benzene rings is 2. The lowest BCUT2D eigenvalue weighted by Gasteiger charge is -2.17. The maximum absolute atomic E-state index is 12.1. The zero-order chi connectivity index (χ0) is 19.6. The van der Waals surface area contributed by atoms with E-state index in [4.69, 9.17) is 17.0 Å². The fourth-order valence-electron chi connectivity index (χ4n) is 2.41. The molecule has 0 bridgehead atoms. The second-order valence-corrected chi connectivity index (χ2v) is 7.15. The maximum Gasteiger partial charge on any atom is 0.338 e. The standard InChI is InChI=1S/C20H24BrN3O2S/c1-3-24(4-2)13-14-26-19(25)15-5-9-17(10-6-15)22-20(27)23-18-11-7-16(21)8-12-18/h5-12H,3-4,13-14H2,1-2H3,(H2,22,23,27). The average molecular weight is 450 g/mol. The number of anilines is 2. The van der Waals surface area contributed by atoms with Crippen LogP contribution in [0.3, 0.4) is 0 Å².